The Hall–Kier alpha value is -2.44. The molecule has 0 spiro atoms. The molecule has 0 N–H and O–H groups in total. The van der Waals surface area contributed by atoms with Crippen LogP contribution in [0.2, 0.25) is 0 Å². The van der Waals surface area contributed by atoms with E-state index in [9.17, 15) is 16.8 Å². The number of hydrogen-bond acceptors (Lipinski definition) is 4. The average Bonchev–Trinajstić information content (AvgIpc) is 2.74. The third-order valence-electron chi connectivity index (χ3n) is 5.28. The Morgan fingerprint density at radius 1 is 0.607 bits per heavy atom. The van der Waals surface area contributed by atoms with Gasteiger partial charge in [-0.15, -0.1) is 0 Å². The second-order valence-electron chi connectivity index (χ2n) is 6.97. The summed E-state index contributed by atoms with van der Waals surface area (Å²) < 4.78 is 53.2. The quantitative estimate of drug-likeness (QED) is 0.650. The molecule has 3 aromatic carbocycles. The second kappa shape index (κ2) is 7.18. The maximum atomic E-state index is 13.4. The van der Waals surface area contributed by atoms with Gasteiger partial charge >= 0.3 is 0 Å². The molecule has 3 aromatic rings. The van der Waals surface area contributed by atoms with E-state index in [1.165, 1.54) is 0 Å². The van der Waals surface area contributed by atoms with Crippen molar-refractivity contribution in [3.8, 4) is 0 Å². The summed E-state index contributed by atoms with van der Waals surface area (Å²) in [4.78, 5) is 0.447. The van der Waals surface area contributed by atoms with E-state index in [0.29, 0.717) is 12.0 Å². The van der Waals surface area contributed by atoms with Crippen molar-refractivity contribution in [3.63, 3.8) is 0 Å². The predicted molar refractivity (Wildman–Crippen MR) is 109 cm³/mol. The molecule has 0 aromatic heterocycles. The van der Waals surface area contributed by atoms with Gasteiger partial charge in [-0.1, -0.05) is 60.7 Å². The fourth-order valence-electron chi connectivity index (χ4n) is 3.84. The minimum absolute atomic E-state index is 0.0471. The zero-order valence-corrected chi connectivity index (χ0v) is 16.7. The molecule has 0 radical (unpaired) electrons. The second-order valence-corrected chi connectivity index (χ2v) is 11.3. The van der Waals surface area contributed by atoms with Gasteiger partial charge in [-0.3, -0.25) is 0 Å². The first-order chi connectivity index (χ1) is 13.4. The maximum absolute atomic E-state index is 13.4. The third kappa shape index (κ3) is 3.27. The van der Waals surface area contributed by atoms with E-state index in [4.69, 9.17) is 0 Å². The summed E-state index contributed by atoms with van der Waals surface area (Å²) in [5, 5.41) is -1.67. The molecule has 0 amide bonds. The van der Waals surface area contributed by atoms with Gasteiger partial charge < -0.3 is 0 Å². The molecule has 1 aliphatic carbocycles. The minimum Gasteiger partial charge on any atom is -0.223 e. The van der Waals surface area contributed by atoms with Crippen LogP contribution in [0.4, 0.5) is 0 Å². The predicted octanol–water partition coefficient (Wildman–Crippen LogP) is 3.99. The van der Waals surface area contributed by atoms with Gasteiger partial charge in [0.25, 0.3) is 0 Å². The van der Waals surface area contributed by atoms with Crippen LogP contribution in [0.25, 0.3) is 0 Å². The van der Waals surface area contributed by atoms with Crippen molar-refractivity contribution in [2.75, 3.05) is 0 Å². The zero-order valence-electron chi connectivity index (χ0n) is 15.1. The standard InChI is InChI=1S/C22H20O4S2/c23-27(24,18-10-3-1-4-11-18)20-15-17-9-7-8-14-21(17)22(16-20)28(25,26)19-12-5-2-6-13-19/h1-14,20,22H,15-16H2. The lowest BCUT2D eigenvalue weighted by Gasteiger charge is -2.31. The fraction of sp³-hybridized carbons (Fsp3) is 0.182. The minimum atomic E-state index is -3.72. The van der Waals surface area contributed by atoms with E-state index in [1.54, 1.807) is 72.8 Å². The first-order valence-electron chi connectivity index (χ1n) is 9.06. The summed E-state index contributed by atoms with van der Waals surface area (Å²) in [6.07, 6.45) is 0.361. The zero-order chi connectivity index (χ0) is 19.8. The molecule has 0 heterocycles. The van der Waals surface area contributed by atoms with Gasteiger partial charge in [0, 0.05) is 0 Å². The van der Waals surface area contributed by atoms with Crippen LogP contribution >= 0.6 is 0 Å². The Balaban J connectivity index is 1.82. The van der Waals surface area contributed by atoms with Crippen LogP contribution in [0.3, 0.4) is 0 Å². The number of hydrogen-bond donors (Lipinski definition) is 0. The van der Waals surface area contributed by atoms with Gasteiger partial charge in [0.05, 0.1) is 20.3 Å². The summed E-state index contributed by atoms with van der Waals surface area (Å²) >= 11 is 0. The molecule has 1 aliphatic rings. The lowest BCUT2D eigenvalue weighted by Crippen LogP contribution is -2.33. The highest BCUT2D eigenvalue weighted by Crippen LogP contribution is 2.41. The molecule has 0 fully saturated rings. The molecule has 0 saturated carbocycles. The molecule has 6 heteroatoms. The van der Waals surface area contributed by atoms with Crippen molar-refractivity contribution in [3.05, 3.63) is 96.1 Å². The molecule has 2 atom stereocenters. The topological polar surface area (TPSA) is 68.3 Å². The summed E-state index contributed by atoms with van der Waals surface area (Å²) in [5.41, 5.74) is 1.48. The number of sulfone groups is 2. The van der Waals surface area contributed by atoms with E-state index in [2.05, 4.69) is 0 Å². The normalized spacial score (nSPS) is 19.7. The van der Waals surface area contributed by atoms with Gasteiger partial charge in [0.2, 0.25) is 0 Å². The number of benzene rings is 3. The maximum Gasteiger partial charge on any atom is 0.185 e. The van der Waals surface area contributed by atoms with E-state index < -0.39 is 30.2 Å². The smallest absolute Gasteiger partial charge is 0.185 e. The molecule has 0 saturated heterocycles. The largest absolute Gasteiger partial charge is 0.223 e. The van der Waals surface area contributed by atoms with Crippen LogP contribution < -0.4 is 0 Å². The average molecular weight is 413 g/mol. The molecule has 28 heavy (non-hydrogen) atoms. The summed E-state index contributed by atoms with van der Waals surface area (Å²) in [6, 6.07) is 23.8. The fourth-order valence-corrected chi connectivity index (χ4v) is 7.64. The van der Waals surface area contributed by atoms with Crippen LogP contribution in [0.15, 0.2) is 94.7 Å². The Kier molecular flexibility index (Phi) is 4.85. The first-order valence-corrected chi connectivity index (χ1v) is 12.2. The van der Waals surface area contributed by atoms with Crippen molar-refractivity contribution in [1.82, 2.24) is 0 Å². The molecule has 2 unspecified atom stereocenters. The third-order valence-corrected chi connectivity index (χ3v) is 9.57. The van der Waals surface area contributed by atoms with Crippen molar-refractivity contribution < 1.29 is 16.8 Å². The molecule has 144 valence electrons. The van der Waals surface area contributed by atoms with Gasteiger partial charge in [-0.2, -0.15) is 0 Å². The van der Waals surface area contributed by atoms with E-state index in [1.807, 2.05) is 12.1 Å². The first kappa shape index (κ1) is 18.9. The molecule has 0 aliphatic heterocycles. The SMILES string of the molecule is O=S(=O)(c1ccccc1)C1Cc2ccccc2C(S(=O)(=O)c2ccccc2)C1. The van der Waals surface area contributed by atoms with E-state index in [0.717, 1.165) is 5.56 Å². The lowest BCUT2D eigenvalue weighted by atomic mass is 9.91. The van der Waals surface area contributed by atoms with Crippen molar-refractivity contribution in [2.24, 2.45) is 0 Å². The molecule has 4 rings (SSSR count). The molecule has 0 bridgehead atoms. The highest BCUT2D eigenvalue weighted by molar-refractivity contribution is 7.93. The summed E-state index contributed by atoms with van der Waals surface area (Å²) in [6.45, 7) is 0. The van der Waals surface area contributed by atoms with Gasteiger partial charge in [-0.25, -0.2) is 16.8 Å². The van der Waals surface area contributed by atoms with Crippen LogP contribution in [-0.2, 0) is 26.1 Å². The van der Waals surface area contributed by atoms with Crippen LogP contribution in [0.1, 0.15) is 22.8 Å². The Labute approximate surface area is 165 Å². The van der Waals surface area contributed by atoms with Gasteiger partial charge in [0.15, 0.2) is 19.7 Å². The summed E-state index contributed by atoms with van der Waals surface area (Å²) in [5.74, 6) is 0. The lowest BCUT2D eigenvalue weighted by molar-refractivity contribution is 0.539. The highest BCUT2D eigenvalue weighted by atomic mass is 32.2. The van der Waals surface area contributed by atoms with Crippen molar-refractivity contribution >= 4 is 19.7 Å². The molecular weight excluding hydrogens is 392 g/mol. The Bertz CT molecular complexity index is 1190. The summed E-state index contributed by atoms with van der Waals surface area (Å²) in [7, 11) is -7.36. The number of rotatable bonds is 4. The van der Waals surface area contributed by atoms with E-state index in [-0.39, 0.29) is 16.2 Å². The monoisotopic (exact) mass is 412 g/mol. The highest BCUT2D eigenvalue weighted by Gasteiger charge is 2.41. The molecular formula is C22H20O4S2. The van der Waals surface area contributed by atoms with E-state index >= 15 is 0 Å². The van der Waals surface area contributed by atoms with Crippen molar-refractivity contribution in [2.45, 2.75) is 33.1 Å². The van der Waals surface area contributed by atoms with Gasteiger partial charge in [-0.05, 0) is 48.2 Å². The van der Waals surface area contributed by atoms with Crippen molar-refractivity contribution in [1.29, 1.82) is 0 Å². The Morgan fingerprint density at radius 2 is 1.11 bits per heavy atom. The van der Waals surface area contributed by atoms with Crippen LogP contribution in [-0.4, -0.2) is 22.1 Å². The van der Waals surface area contributed by atoms with Gasteiger partial charge in [0.1, 0.15) is 0 Å². The van der Waals surface area contributed by atoms with Crippen LogP contribution in [0, 0.1) is 0 Å². The number of fused-ring (bicyclic) bond motifs is 1. The van der Waals surface area contributed by atoms with Crippen LogP contribution in [0.5, 0.6) is 0 Å². The molecule has 4 nitrogen and oxygen atoms in total. The Morgan fingerprint density at radius 3 is 1.71 bits per heavy atom.